The summed E-state index contributed by atoms with van der Waals surface area (Å²) in [5.74, 6) is -0.624. The van der Waals surface area contributed by atoms with Crippen molar-refractivity contribution < 1.29 is 24.5 Å². The molecule has 0 aromatic carbocycles. The van der Waals surface area contributed by atoms with E-state index >= 15 is 0 Å². The minimum atomic E-state index is -0.816. The summed E-state index contributed by atoms with van der Waals surface area (Å²) in [5, 5.41) is 23.7. The maximum absolute atomic E-state index is 13.2. The number of unbranched alkanes of at least 4 members (excludes halogenated alkanes) is 14. The van der Waals surface area contributed by atoms with Crippen molar-refractivity contribution in [2.24, 2.45) is 0 Å². The Morgan fingerprint density at radius 3 is 1.53 bits per heavy atom. The van der Waals surface area contributed by atoms with E-state index in [0.29, 0.717) is 19.3 Å². The Morgan fingerprint density at radius 1 is 0.517 bits per heavy atom. The molecule has 6 heteroatoms. The highest BCUT2D eigenvalue weighted by Crippen LogP contribution is 2.16. The molecule has 1 amide bonds. The smallest absolute Gasteiger partial charge is 0.306 e. The standard InChI is InChI=1S/C54H89NO5/c1-4-7-10-13-16-19-22-25-26-27-29-32-35-38-41-44-47-54(59)60-50(45-42-39-36-33-30-28-23-20-17-14-11-8-5-2)48-53(58)55-51(49-56)52(57)46-43-40-37-34-31-24-21-18-15-12-9-6-3/h7-8,10-11,14,16-17,19-20,23,25-26,28-30,32,38,41,50-52,56-57H,4-6,9,12-13,15,18,21-22,24,27,31,33-37,39-40,42-49H2,1-3H3,(H,55,58)/b10-7+,11-8+,17-14+,19-16+,23-20+,26-25+,30-28-,32-29+,41-38+. The van der Waals surface area contributed by atoms with Gasteiger partial charge < -0.3 is 20.3 Å². The van der Waals surface area contributed by atoms with Crippen molar-refractivity contribution in [1.29, 1.82) is 0 Å². The van der Waals surface area contributed by atoms with Crippen molar-refractivity contribution in [3.05, 3.63) is 109 Å². The molecule has 0 spiro atoms. The van der Waals surface area contributed by atoms with Crippen LogP contribution in [0, 0.1) is 0 Å². The average molecular weight is 832 g/mol. The molecule has 0 aliphatic rings. The average Bonchev–Trinajstić information content (AvgIpc) is 3.24. The number of aliphatic hydroxyl groups is 2. The van der Waals surface area contributed by atoms with Gasteiger partial charge in [-0.2, -0.15) is 0 Å². The molecular formula is C54H89NO5. The molecule has 0 bridgehead atoms. The zero-order chi connectivity index (χ0) is 43.8. The van der Waals surface area contributed by atoms with E-state index in [2.05, 4.69) is 99.0 Å². The lowest BCUT2D eigenvalue weighted by Crippen LogP contribution is -2.46. The van der Waals surface area contributed by atoms with Crippen LogP contribution in [0.1, 0.15) is 194 Å². The van der Waals surface area contributed by atoms with Gasteiger partial charge in [0.05, 0.1) is 25.2 Å². The molecule has 3 N–H and O–H groups in total. The Balaban J connectivity index is 4.79. The molecule has 3 unspecified atom stereocenters. The first-order valence-electron chi connectivity index (χ1n) is 24.2. The van der Waals surface area contributed by atoms with E-state index in [-0.39, 0.29) is 31.3 Å². The number of rotatable bonds is 41. The summed E-state index contributed by atoms with van der Waals surface area (Å²) in [6.45, 7) is 6.18. The number of amides is 1. The molecule has 3 atom stereocenters. The molecule has 60 heavy (non-hydrogen) atoms. The van der Waals surface area contributed by atoms with E-state index in [9.17, 15) is 19.8 Å². The monoisotopic (exact) mass is 832 g/mol. The second-order valence-electron chi connectivity index (χ2n) is 15.8. The summed E-state index contributed by atoms with van der Waals surface area (Å²) in [6.07, 6.45) is 63.0. The molecule has 0 aromatic rings. The van der Waals surface area contributed by atoms with Gasteiger partial charge in [0, 0.05) is 6.42 Å². The number of ether oxygens (including phenoxy) is 1. The molecule has 6 nitrogen and oxygen atoms in total. The SMILES string of the molecule is CC/C=C/C=C/C=C/C=C\CCCCCC(CC(=O)NC(CO)C(O)CCCCCCCCCCCCCC)OC(=O)CC/C=C/C/C=C/C/C=C/C/C=C/C/C=C/CC. The second kappa shape index (κ2) is 46.6. The number of hydrogen-bond donors (Lipinski definition) is 3. The first-order chi connectivity index (χ1) is 29.5. The maximum atomic E-state index is 13.2. The largest absolute Gasteiger partial charge is 0.462 e. The number of hydrogen-bond acceptors (Lipinski definition) is 5. The Labute approximate surface area is 368 Å². The lowest BCUT2D eigenvalue weighted by molar-refractivity contribution is -0.150. The highest BCUT2D eigenvalue weighted by Gasteiger charge is 2.24. The molecule has 0 heterocycles. The summed E-state index contributed by atoms with van der Waals surface area (Å²) < 4.78 is 5.85. The van der Waals surface area contributed by atoms with Crippen molar-refractivity contribution in [3.63, 3.8) is 0 Å². The third-order valence-corrected chi connectivity index (χ3v) is 10.2. The normalized spacial score (nSPS) is 14.3. The predicted molar refractivity (Wildman–Crippen MR) is 259 cm³/mol. The molecule has 0 radical (unpaired) electrons. The molecule has 0 aliphatic heterocycles. The molecule has 0 aliphatic carbocycles. The molecule has 0 saturated carbocycles. The first kappa shape index (κ1) is 56.5. The predicted octanol–water partition coefficient (Wildman–Crippen LogP) is 14.3. The van der Waals surface area contributed by atoms with Gasteiger partial charge in [-0.3, -0.25) is 9.59 Å². The van der Waals surface area contributed by atoms with Gasteiger partial charge in [0.2, 0.25) is 5.91 Å². The summed E-state index contributed by atoms with van der Waals surface area (Å²) >= 11 is 0. The Morgan fingerprint density at radius 2 is 0.983 bits per heavy atom. The molecular weight excluding hydrogens is 743 g/mol. The van der Waals surface area contributed by atoms with Crippen LogP contribution in [-0.4, -0.2) is 46.9 Å². The van der Waals surface area contributed by atoms with E-state index in [1.807, 2.05) is 36.5 Å². The summed E-state index contributed by atoms with van der Waals surface area (Å²) in [5.41, 5.74) is 0. The molecule has 0 rings (SSSR count). The van der Waals surface area contributed by atoms with Gasteiger partial charge in [-0.1, -0.05) is 214 Å². The van der Waals surface area contributed by atoms with Gasteiger partial charge in [-0.05, 0) is 77.0 Å². The second-order valence-corrected chi connectivity index (χ2v) is 15.8. The van der Waals surface area contributed by atoms with Crippen LogP contribution in [-0.2, 0) is 14.3 Å². The van der Waals surface area contributed by atoms with Crippen molar-refractivity contribution in [2.75, 3.05) is 6.61 Å². The number of esters is 1. The number of nitrogens with one attached hydrogen (secondary N) is 1. The van der Waals surface area contributed by atoms with Gasteiger partial charge in [-0.25, -0.2) is 0 Å². The van der Waals surface area contributed by atoms with Crippen molar-refractivity contribution in [1.82, 2.24) is 5.32 Å². The number of carbonyl (C=O) groups is 2. The summed E-state index contributed by atoms with van der Waals surface area (Å²) in [7, 11) is 0. The van der Waals surface area contributed by atoms with Gasteiger partial charge in [0.25, 0.3) is 0 Å². The van der Waals surface area contributed by atoms with Gasteiger partial charge in [0.15, 0.2) is 0 Å². The fourth-order valence-corrected chi connectivity index (χ4v) is 6.61. The van der Waals surface area contributed by atoms with Crippen molar-refractivity contribution in [2.45, 2.75) is 212 Å². The highest BCUT2D eigenvalue weighted by atomic mass is 16.5. The van der Waals surface area contributed by atoms with Crippen LogP contribution >= 0.6 is 0 Å². The Bertz CT molecular complexity index is 1250. The van der Waals surface area contributed by atoms with Crippen LogP contribution in [0.3, 0.4) is 0 Å². The lowest BCUT2D eigenvalue weighted by Gasteiger charge is -2.24. The molecule has 0 aromatic heterocycles. The number of carbonyl (C=O) groups excluding carboxylic acids is 2. The fraction of sp³-hybridized carbons (Fsp3) is 0.630. The summed E-state index contributed by atoms with van der Waals surface area (Å²) in [6, 6.07) is -0.735. The Hall–Kier alpha value is -3.48. The fourth-order valence-electron chi connectivity index (χ4n) is 6.61. The van der Waals surface area contributed by atoms with E-state index in [1.165, 1.54) is 57.8 Å². The topological polar surface area (TPSA) is 95.9 Å². The van der Waals surface area contributed by atoms with Crippen LogP contribution in [0.2, 0.25) is 0 Å². The quantitative estimate of drug-likeness (QED) is 0.0247. The molecule has 0 saturated heterocycles. The van der Waals surface area contributed by atoms with Gasteiger partial charge in [-0.15, -0.1) is 0 Å². The number of allylic oxidation sites excluding steroid dienone is 18. The van der Waals surface area contributed by atoms with Crippen LogP contribution in [0.5, 0.6) is 0 Å². The van der Waals surface area contributed by atoms with Crippen molar-refractivity contribution >= 4 is 11.9 Å². The van der Waals surface area contributed by atoms with Crippen molar-refractivity contribution in [3.8, 4) is 0 Å². The minimum Gasteiger partial charge on any atom is -0.462 e. The molecule has 340 valence electrons. The third kappa shape index (κ3) is 41.3. The van der Waals surface area contributed by atoms with E-state index in [0.717, 1.165) is 83.5 Å². The van der Waals surface area contributed by atoms with Crippen LogP contribution in [0.15, 0.2) is 109 Å². The van der Waals surface area contributed by atoms with E-state index in [4.69, 9.17) is 4.74 Å². The summed E-state index contributed by atoms with van der Waals surface area (Å²) in [4.78, 5) is 26.0. The zero-order valence-electron chi connectivity index (χ0n) is 38.5. The minimum absolute atomic E-state index is 0.0148. The van der Waals surface area contributed by atoms with Crippen LogP contribution < -0.4 is 5.32 Å². The van der Waals surface area contributed by atoms with E-state index in [1.54, 1.807) is 0 Å². The van der Waals surface area contributed by atoms with Gasteiger partial charge >= 0.3 is 5.97 Å². The maximum Gasteiger partial charge on any atom is 0.306 e. The van der Waals surface area contributed by atoms with Gasteiger partial charge in [0.1, 0.15) is 6.10 Å². The molecule has 0 fully saturated rings. The first-order valence-corrected chi connectivity index (χ1v) is 24.2. The lowest BCUT2D eigenvalue weighted by atomic mass is 10.0. The van der Waals surface area contributed by atoms with E-state index < -0.39 is 18.2 Å². The van der Waals surface area contributed by atoms with Crippen LogP contribution in [0.25, 0.3) is 0 Å². The third-order valence-electron chi connectivity index (χ3n) is 10.2. The zero-order valence-corrected chi connectivity index (χ0v) is 38.5. The number of aliphatic hydroxyl groups excluding tert-OH is 2. The van der Waals surface area contributed by atoms with Crippen LogP contribution in [0.4, 0.5) is 0 Å². The highest BCUT2D eigenvalue weighted by molar-refractivity contribution is 5.77. The Kier molecular flexibility index (Phi) is 43.9.